The molecule has 0 aliphatic rings. The number of benzene rings is 1. The molecule has 1 aromatic heterocycles. The molecule has 17 heavy (non-hydrogen) atoms. The Morgan fingerprint density at radius 3 is 2.94 bits per heavy atom. The van der Waals surface area contributed by atoms with Crippen molar-refractivity contribution in [3.63, 3.8) is 0 Å². The predicted molar refractivity (Wildman–Crippen MR) is 78.0 cm³/mol. The second-order valence-corrected chi connectivity index (χ2v) is 6.06. The number of aryl methyl sites for hydroxylation is 1. The third-order valence-corrected chi connectivity index (χ3v) is 4.41. The van der Waals surface area contributed by atoms with E-state index < -0.39 is 0 Å². The van der Waals surface area contributed by atoms with Crippen LogP contribution in [0.3, 0.4) is 0 Å². The van der Waals surface area contributed by atoms with Crippen LogP contribution in [0.15, 0.2) is 46.7 Å². The first-order valence-corrected chi connectivity index (χ1v) is 7.64. The van der Waals surface area contributed by atoms with Crippen LogP contribution in [0.25, 0.3) is 0 Å². The predicted octanol–water partition coefficient (Wildman–Crippen LogP) is 3.80. The van der Waals surface area contributed by atoms with Crippen molar-refractivity contribution < 1.29 is 0 Å². The molecule has 2 rings (SSSR count). The standard InChI is InChI=1S/C14H17NS2/c1-15-11-12-4-2-5-14(10-12)17-9-7-13-6-3-8-16-13/h2-6,8,10,15H,7,9,11H2,1H3. The van der Waals surface area contributed by atoms with Crippen LogP contribution in [0, 0.1) is 0 Å². The highest BCUT2D eigenvalue weighted by atomic mass is 32.2. The van der Waals surface area contributed by atoms with Crippen molar-refractivity contribution in [3.05, 3.63) is 52.2 Å². The number of hydrogen-bond donors (Lipinski definition) is 1. The SMILES string of the molecule is CNCc1cccc(SCCc2cccs2)c1. The molecule has 0 saturated carbocycles. The molecule has 0 amide bonds. The van der Waals surface area contributed by atoms with Gasteiger partial charge in [0.25, 0.3) is 0 Å². The monoisotopic (exact) mass is 263 g/mol. The highest BCUT2D eigenvalue weighted by Crippen LogP contribution is 2.21. The van der Waals surface area contributed by atoms with E-state index in [0.29, 0.717) is 0 Å². The van der Waals surface area contributed by atoms with Crippen LogP contribution in [-0.4, -0.2) is 12.8 Å². The fraction of sp³-hybridized carbons (Fsp3) is 0.286. The van der Waals surface area contributed by atoms with Crippen molar-refractivity contribution in [1.29, 1.82) is 0 Å². The van der Waals surface area contributed by atoms with Gasteiger partial charge in [0.05, 0.1) is 0 Å². The topological polar surface area (TPSA) is 12.0 Å². The second kappa shape index (κ2) is 6.84. The molecule has 0 aliphatic carbocycles. The van der Waals surface area contributed by atoms with Gasteiger partial charge >= 0.3 is 0 Å². The van der Waals surface area contributed by atoms with Crippen LogP contribution in [0.1, 0.15) is 10.4 Å². The molecule has 0 radical (unpaired) electrons. The molecule has 0 spiro atoms. The maximum Gasteiger partial charge on any atom is 0.0202 e. The largest absolute Gasteiger partial charge is 0.316 e. The molecular formula is C14H17NS2. The number of nitrogens with one attached hydrogen (secondary N) is 1. The van der Waals surface area contributed by atoms with Crippen molar-refractivity contribution in [2.45, 2.75) is 17.9 Å². The van der Waals surface area contributed by atoms with E-state index in [1.807, 2.05) is 30.1 Å². The zero-order chi connectivity index (χ0) is 11.9. The summed E-state index contributed by atoms with van der Waals surface area (Å²) in [6.07, 6.45) is 1.17. The van der Waals surface area contributed by atoms with Gasteiger partial charge in [0.1, 0.15) is 0 Å². The summed E-state index contributed by atoms with van der Waals surface area (Å²) in [5, 5.41) is 5.33. The van der Waals surface area contributed by atoms with Crippen molar-refractivity contribution in [2.24, 2.45) is 0 Å². The van der Waals surface area contributed by atoms with Gasteiger partial charge in [-0.3, -0.25) is 0 Å². The summed E-state index contributed by atoms with van der Waals surface area (Å²) in [6.45, 7) is 0.944. The molecule has 0 saturated heterocycles. The second-order valence-electron chi connectivity index (χ2n) is 3.86. The van der Waals surface area contributed by atoms with Crippen LogP contribution < -0.4 is 5.32 Å². The lowest BCUT2D eigenvalue weighted by Gasteiger charge is -2.04. The summed E-state index contributed by atoms with van der Waals surface area (Å²) in [7, 11) is 1.98. The average molecular weight is 263 g/mol. The summed E-state index contributed by atoms with van der Waals surface area (Å²) in [5.74, 6) is 1.16. The Morgan fingerprint density at radius 1 is 1.24 bits per heavy atom. The van der Waals surface area contributed by atoms with Gasteiger partial charge in [0.2, 0.25) is 0 Å². The number of thiophene rings is 1. The number of hydrogen-bond acceptors (Lipinski definition) is 3. The molecular weight excluding hydrogens is 246 g/mol. The molecule has 1 N–H and O–H groups in total. The quantitative estimate of drug-likeness (QED) is 0.796. The van der Waals surface area contributed by atoms with Crippen molar-refractivity contribution in [3.8, 4) is 0 Å². The Morgan fingerprint density at radius 2 is 2.18 bits per heavy atom. The fourth-order valence-electron chi connectivity index (χ4n) is 1.67. The molecule has 90 valence electrons. The van der Waals surface area contributed by atoms with Gasteiger partial charge in [-0.05, 0) is 42.6 Å². The smallest absolute Gasteiger partial charge is 0.0202 e. The lowest BCUT2D eigenvalue weighted by Crippen LogP contribution is -2.04. The number of thioether (sulfide) groups is 1. The fourth-order valence-corrected chi connectivity index (χ4v) is 3.48. The molecule has 0 unspecified atom stereocenters. The van der Waals surface area contributed by atoms with Gasteiger partial charge < -0.3 is 5.32 Å². The van der Waals surface area contributed by atoms with Crippen LogP contribution in [0.5, 0.6) is 0 Å². The van der Waals surface area contributed by atoms with E-state index in [-0.39, 0.29) is 0 Å². The molecule has 0 atom stereocenters. The molecule has 3 heteroatoms. The van der Waals surface area contributed by atoms with Crippen LogP contribution in [-0.2, 0) is 13.0 Å². The Bertz CT molecular complexity index is 437. The van der Waals surface area contributed by atoms with E-state index in [9.17, 15) is 0 Å². The van der Waals surface area contributed by atoms with Crippen molar-refractivity contribution >= 4 is 23.1 Å². The van der Waals surface area contributed by atoms with Crippen molar-refractivity contribution in [2.75, 3.05) is 12.8 Å². The number of rotatable bonds is 6. The zero-order valence-electron chi connectivity index (χ0n) is 9.98. The highest BCUT2D eigenvalue weighted by molar-refractivity contribution is 7.99. The molecule has 0 aliphatic heterocycles. The lowest BCUT2D eigenvalue weighted by molar-refractivity contribution is 0.815. The molecule has 1 nitrogen and oxygen atoms in total. The minimum atomic E-state index is 0.944. The third-order valence-electron chi connectivity index (χ3n) is 2.48. The Kier molecular flexibility index (Phi) is 5.10. The average Bonchev–Trinajstić information content (AvgIpc) is 2.83. The Balaban J connectivity index is 1.84. The first-order valence-electron chi connectivity index (χ1n) is 5.77. The van der Waals surface area contributed by atoms with Crippen LogP contribution >= 0.6 is 23.1 Å². The maximum absolute atomic E-state index is 3.18. The third kappa shape index (κ3) is 4.19. The van der Waals surface area contributed by atoms with Crippen molar-refractivity contribution in [1.82, 2.24) is 5.32 Å². The van der Waals surface area contributed by atoms with Gasteiger partial charge in [-0.25, -0.2) is 0 Å². The molecule has 0 bridgehead atoms. The Labute approximate surface area is 111 Å². The van der Waals surface area contributed by atoms with E-state index in [1.165, 1.54) is 21.8 Å². The van der Waals surface area contributed by atoms with E-state index in [1.54, 1.807) is 0 Å². The van der Waals surface area contributed by atoms with Gasteiger partial charge in [-0.1, -0.05) is 18.2 Å². The molecule has 1 heterocycles. The minimum absolute atomic E-state index is 0.944. The summed E-state index contributed by atoms with van der Waals surface area (Å²) in [4.78, 5) is 2.85. The van der Waals surface area contributed by atoms with E-state index in [4.69, 9.17) is 0 Å². The summed E-state index contributed by atoms with van der Waals surface area (Å²) in [5.41, 5.74) is 1.36. The van der Waals surface area contributed by atoms with E-state index in [2.05, 4.69) is 47.1 Å². The molecule has 1 aromatic carbocycles. The molecule has 2 aromatic rings. The highest BCUT2D eigenvalue weighted by Gasteiger charge is 1.98. The van der Waals surface area contributed by atoms with Gasteiger partial charge in [0.15, 0.2) is 0 Å². The van der Waals surface area contributed by atoms with E-state index in [0.717, 1.165) is 12.3 Å². The van der Waals surface area contributed by atoms with Gasteiger partial charge in [0, 0.05) is 22.1 Å². The maximum atomic E-state index is 3.18. The Hall–Kier alpha value is -0.770. The summed E-state index contributed by atoms with van der Waals surface area (Å²) >= 11 is 3.78. The lowest BCUT2D eigenvalue weighted by atomic mass is 10.2. The van der Waals surface area contributed by atoms with E-state index >= 15 is 0 Å². The summed E-state index contributed by atoms with van der Waals surface area (Å²) < 4.78 is 0. The normalized spacial score (nSPS) is 10.6. The van der Waals surface area contributed by atoms with Gasteiger partial charge in [-0.15, -0.1) is 23.1 Å². The molecule has 0 fully saturated rings. The zero-order valence-corrected chi connectivity index (χ0v) is 11.6. The first kappa shape index (κ1) is 12.7. The summed E-state index contributed by atoms with van der Waals surface area (Å²) in [6, 6.07) is 13.1. The minimum Gasteiger partial charge on any atom is -0.316 e. The first-order chi connectivity index (χ1) is 8.38. The van der Waals surface area contributed by atoms with Crippen LogP contribution in [0.4, 0.5) is 0 Å². The van der Waals surface area contributed by atoms with Gasteiger partial charge in [-0.2, -0.15) is 0 Å². The van der Waals surface area contributed by atoms with Crippen LogP contribution in [0.2, 0.25) is 0 Å².